The molecule has 1 saturated heterocycles. The molecular formula is C19H18N4O. The molecular weight excluding hydrogens is 300 g/mol. The Balaban J connectivity index is 1.62. The van der Waals surface area contributed by atoms with E-state index >= 15 is 0 Å². The van der Waals surface area contributed by atoms with Gasteiger partial charge in [0.2, 0.25) is 17.5 Å². The summed E-state index contributed by atoms with van der Waals surface area (Å²) in [5, 5.41) is 18.0. The monoisotopic (exact) mass is 318 g/mol. The van der Waals surface area contributed by atoms with Gasteiger partial charge in [0.1, 0.15) is 6.07 Å². The van der Waals surface area contributed by atoms with Crippen LogP contribution in [0.3, 0.4) is 0 Å². The van der Waals surface area contributed by atoms with E-state index in [9.17, 15) is 5.26 Å². The van der Waals surface area contributed by atoms with Crippen LogP contribution in [0.25, 0.3) is 22.2 Å². The minimum atomic E-state index is 0.310. The summed E-state index contributed by atoms with van der Waals surface area (Å²) in [4.78, 5) is 4.38. The van der Waals surface area contributed by atoms with Crippen molar-refractivity contribution >= 4 is 16.7 Å². The molecule has 0 amide bonds. The van der Waals surface area contributed by atoms with E-state index in [4.69, 9.17) is 4.42 Å². The van der Waals surface area contributed by atoms with Crippen LogP contribution in [0.4, 0.5) is 5.88 Å². The topological polar surface area (TPSA) is 73.9 Å². The second-order valence-electron chi connectivity index (χ2n) is 6.07. The highest BCUT2D eigenvalue weighted by Crippen LogP contribution is 2.31. The van der Waals surface area contributed by atoms with Crippen molar-refractivity contribution in [1.29, 1.82) is 5.26 Å². The lowest BCUT2D eigenvalue weighted by atomic mass is 10.00. The van der Waals surface area contributed by atoms with Crippen LogP contribution < -0.4 is 10.6 Å². The third-order valence-corrected chi connectivity index (χ3v) is 4.46. The maximum absolute atomic E-state index is 9.34. The zero-order valence-corrected chi connectivity index (χ0v) is 13.2. The Morgan fingerprint density at radius 1 is 1.21 bits per heavy atom. The summed E-state index contributed by atoms with van der Waals surface area (Å²) < 4.78 is 5.87. The SMILES string of the molecule is N#Cc1nc(-c2cccc3ccccc23)oc1NCCC1CNC1. The van der Waals surface area contributed by atoms with Crippen molar-refractivity contribution in [2.45, 2.75) is 6.42 Å². The van der Waals surface area contributed by atoms with Crippen LogP contribution in [0, 0.1) is 17.2 Å². The molecule has 4 rings (SSSR count). The molecule has 0 radical (unpaired) electrons. The Kier molecular flexibility index (Phi) is 3.89. The summed E-state index contributed by atoms with van der Waals surface area (Å²) in [5.41, 5.74) is 1.21. The number of rotatable bonds is 5. The second kappa shape index (κ2) is 6.34. The molecule has 2 aromatic carbocycles. The molecule has 5 heteroatoms. The lowest BCUT2D eigenvalue weighted by Crippen LogP contribution is -2.42. The molecule has 24 heavy (non-hydrogen) atoms. The van der Waals surface area contributed by atoms with E-state index in [0.717, 1.165) is 42.4 Å². The van der Waals surface area contributed by atoms with Gasteiger partial charge in [0.05, 0.1) is 0 Å². The zero-order valence-electron chi connectivity index (χ0n) is 13.2. The maximum Gasteiger partial charge on any atom is 0.232 e. The smallest absolute Gasteiger partial charge is 0.232 e. The van der Waals surface area contributed by atoms with Crippen molar-refractivity contribution in [3.63, 3.8) is 0 Å². The fourth-order valence-corrected chi connectivity index (χ4v) is 2.99. The first-order valence-electron chi connectivity index (χ1n) is 8.19. The number of anilines is 1. The van der Waals surface area contributed by atoms with Crippen molar-refractivity contribution in [3.8, 4) is 17.5 Å². The number of benzene rings is 2. The first kappa shape index (κ1) is 14.7. The van der Waals surface area contributed by atoms with Crippen LogP contribution in [0.1, 0.15) is 12.1 Å². The zero-order chi connectivity index (χ0) is 16.4. The molecule has 0 spiro atoms. The summed E-state index contributed by atoms with van der Waals surface area (Å²) in [6, 6.07) is 16.2. The number of fused-ring (bicyclic) bond motifs is 1. The van der Waals surface area contributed by atoms with E-state index < -0.39 is 0 Å². The quantitative estimate of drug-likeness (QED) is 0.754. The van der Waals surface area contributed by atoms with Crippen molar-refractivity contribution in [3.05, 3.63) is 48.2 Å². The molecule has 120 valence electrons. The number of nitriles is 1. The molecule has 5 nitrogen and oxygen atoms in total. The van der Waals surface area contributed by atoms with Crippen LogP contribution in [-0.4, -0.2) is 24.6 Å². The highest BCUT2D eigenvalue weighted by Gasteiger charge is 2.18. The normalized spacial score (nSPS) is 14.3. The van der Waals surface area contributed by atoms with Gasteiger partial charge in [0, 0.05) is 12.1 Å². The number of oxazole rings is 1. The third kappa shape index (κ3) is 2.72. The minimum Gasteiger partial charge on any atom is -0.419 e. The maximum atomic E-state index is 9.34. The number of hydrogen-bond donors (Lipinski definition) is 2. The number of nitrogens with one attached hydrogen (secondary N) is 2. The molecule has 1 fully saturated rings. The molecule has 0 unspecified atom stereocenters. The molecule has 0 atom stereocenters. The molecule has 0 aliphatic carbocycles. The fraction of sp³-hybridized carbons (Fsp3) is 0.263. The Labute approximate surface area is 140 Å². The highest BCUT2D eigenvalue weighted by molar-refractivity contribution is 5.94. The molecule has 0 saturated carbocycles. The van der Waals surface area contributed by atoms with Crippen molar-refractivity contribution in [2.75, 3.05) is 25.0 Å². The van der Waals surface area contributed by atoms with E-state index in [2.05, 4.69) is 33.8 Å². The van der Waals surface area contributed by atoms with E-state index in [-0.39, 0.29) is 0 Å². The minimum absolute atomic E-state index is 0.310. The predicted octanol–water partition coefficient (Wildman–Crippen LogP) is 3.39. The lowest BCUT2D eigenvalue weighted by Gasteiger charge is -2.26. The van der Waals surface area contributed by atoms with Crippen molar-refractivity contribution in [2.24, 2.45) is 5.92 Å². The molecule has 2 heterocycles. The van der Waals surface area contributed by atoms with Gasteiger partial charge in [-0.15, -0.1) is 0 Å². The van der Waals surface area contributed by atoms with Gasteiger partial charge in [-0.2, -0.15) is 10.2 Å². The average Bonchev–Trinajstić information content (AvgIpc) is 2.99. The molecule has 1 aromatic heterocycles. The van der Waals surface area contributed by atoms with Crippen LogP contribution in [0.15, 0.2) is 46.9 Å². The highest BCUT2D eigenvalue weighted by atomic mass is 16.4. The Morgan fingerprint density at radius 2 is 2.04 bits per heavy atom. The van der Waals surface area contributed by atoms with Gasteiger partial charge in [-0.05, 0) is 42.3 Å². The largest absolute Gasteiger partial charge is 0.419 e. The Bertz CT molecular complexity index is 900. The van der Waals surface area contributed by atoms with E-state index in [1.807, 2.05) is 30.3 Å². The van der Waals surface area contributed by atoms with Gasteiger partial charge in [-0.25, -0.2) is 0 Å². The van der Waals surface area contributed by atoms with E-state index in [1.54, 1.807) is 0 Å². The Morgan fingerprint density at radius 3 is 2.83 bits per heavy atom. The summed E-state index contributed by atoms with van der Waals surface area (Å²) >= 11 is 0. The van der Waals surface area contributed by atoms with Crippen LogP contribution in [-0.2, 0) is 0 Å². The van der Waals surface area contributed by atoms with Gasteiger partial charge in [-0.3, -0.25) is 0 Å². The van der Waals surface area contributed by atoms with Crippen LogP contribution in [0.5, 0.6) is 0 Å². The first-order chi connectivity index (χ1) is 11.8. The number of aromatic nitrogens is 1. The number of nitrogens with zero attached hydrogens (tertiary/aromatic N) is 2. The van der Waals surface area contributed by atoms with Gasteiger partial charge in [0.15, 0.2) is 0 Å². The van der Waals surface area contributed by atoms with Crippen LogP contribution in [0.2, 0.25) is 0 Å². The van der Waals surface area contributed by atoms with Crippen molar-refractivity contribution in [1.82, 2.24) is 10.3 Å². The fourth-order valence-electron chi connectivity index (χ4n) is 2.99. The van der Waals surface area contributed by atoms with Gasteiger partial charge >= 0.3 is 0 Å². The molecule has 0 bridgehead atoms. The summed E-state index contributed by atoms with van der Waals surface area (Å²) in [6.45, 7) is 2.93. The van der Waals surface area contributed by atoms with Gasteiger partial charge in [-0.1, -0.05) is 36.4 Å². The first-order valence-corrected chi connectivity index (χ1v) is 8.19. The molecule has 1 aliphatic rings. The third-order valence-electron chi connectivity index (χ3n) is 4.46. The predicted molar refractivity (Wildman–Crippen MR) is 93.6 cm³/mol. The summed E-state index contributed by atoms with van der Waals surface area (Å²) in [7, 11) is 0. The van der Waals surface area contributed by atoms with Crippen LogP contribution >= 0.6 is 0 Å². The van der Waals surface area contributed by atoms with E-state index in [0.29, 0.717) is 23.4 Å². The average molecular weight is 318 g/mol. The molecule has 1 aliphatic heterocycles. The summed E-state index contributed by atoms with van der Waals surface area (Å²) in [6.07, 6.45) is 1.06. The number of hydrogen-bond acceptors (Lipinski definition) is 5. The molecule has 2 N–H and O–H groups in total. The van der Waals surface area contributed by atoms with Gasteiger partial charge in [0.25, 0.3) is 0 Å². The van der Waals surface area contributed by atoms with Gasteiger partial charge < -0.3 is 15.1 Å². The van der Waals surface area contributed by atoms with E-state index in [1.165, 1.54) is 0 Å². The molecule has 3 aromatic rings. The standard InChI is InChI=1S/C19H18N4O/c20-10-17-19(22-9-8-13-11-21-12-13)24-18(23-17)16-7-3-5-14-4-1-2-6-15(14)16/h1-7,13,21-22H,8-9,11-12H2. The summed E-state index contributed by atoms with van der Waals surface area (Å²) in [5.74, 6) is 1.66. The second-order valence-corrected chi connectivity index (χ2v) is 6.07. The van der Waals surface area contributed by atoms with Crippen molar-refractivity contribution < 1.29 is 4.42 Å². The Hall–Kier alpha value is -2.84. The lowest BCUT2D eigenvalue weighted by molar-refractivity contribution is 0.334.